The minimum absolute atomic E-state index is 0.0636. The molecule has 1 unspecified atom stereocenters. The van der Waals surface area contributed by atoms with Crippen LogP contribution in [0.5, 0.6) is 0 Å². The van der Waals surface area contributed by atoms with Crippen LogP contribution in [0.1, 0.15) is 400 Å². The smallest absolute Gasteiger partial charge is 0.306 e. The van der Waals surface area contributed by atoms with Crippen molar-refractivity contribution in [1.29, 1.82) is 0 Å². The van der Waals surface area contributed by atoms with Crippen molar-refractivity contribution in [3.8, 4) is 0 Å². The van der Waals surface area contributed by atoms with Gasteiger partial charge in [0.25, 0.3) is 0 Å². The average molecular weight is 1070 g/mol. The average Bonchev–Trinajstić information content (AvgIpc) is 3.42. The zero-order valence-corrected chi connectivity index (χ0v) is 51.8. The van der Waals surface area contributed by atoms with Gasteiger partial charge in [0, 0.05) is 19.3 Å². The lowest BCUT2D eigenvalue weighted by Crippen LogP contribution is -2.30. The molecule has 0 rings (SSSR count). The molecule has 0 bridgehead atoms. The SMILES string of the molecule is CCCCCCCCCC/C=C\CCCCCCCCCCCCCCCC(=O)OCC(COC(=O)CCCCCCCCCC)OC(=O)CCCCCCCCCCCCCCCCCCCCCCCCCCC. The number of unbranched alkanes of at least 4 members (excludes halogenated alkanes) is 52. The third kappa shape index (κ3) is 63.0. The van der Waals surface area contributed by atoms with E-state index in [0.717, 1.165) is 57.8 Å². The Morgan fingerprint density at radius 1 is 0.250 bits per heavy atom. The maximum absolute atomic E-state index is 12.9. The van der Waals surface area contributed by atoms with E-state index in [0.29, 0.717) is 19.3 Å². The summed E-state index contributed by atoms with van der Waals surface area (Å²) in [6.07, 6.45) is 78.4. The highest BCUT2D eigenvalue weighted by Gasteiger charge is 2.19. The van der Waals surface area contributed by atoms with Gasteiger partial charge in [-0.25, -0.2) is 0 Å². The Kier molecular flexibility index (Phi) is 64.1. The first-order chi connectivity index (χ1) is 37.5. The second kappa shape index (κ2) is 65.7. The van der Waals surface area contributed by atoms with Crippen LogP contribution in [0.3, 0.4) is 0 Å². The van der Waals surface area contributed by atoms with E-state index in [1.807, 2.05) is 0 Å². The topological polar surface area (TPSA) is 78.9 Å². The first-order valence-corrected chi connectivity index (χ1v) is 34.7. The molecule has 0 saturated heterocycles. The lowest BCUT2D eigenvalue weighted by atomic mass is 10.0. The van der Waals surface area contributed by atoms with E-state index in [1.165, 1.54) is 302 Å². The van der Waals surface area contributed by atoms with Crippen LogP contribution in [-0.4, -0.2) is 37.2 Å². The van der Waals surface area contributed by atoms with Crippen molar-refractivity contribution in [3.05, 3.63) is 12.2 Å². The van der Waals surface area contributed by atoms with Crippen LogP contribution in [0.15, 0.2) is 12.2 Å². The lowest BCUT2D eigenvalue weighted by Gasteiger charge is -2.18. The normalized spacial score (nSPS) is 12.0. The molecule has 6 heteroatoms. The second-order valence-corrected chi connectivity index (χ2v) is 23.8. The van der Waals surface area contributed by atoms with E-state index in [1.54, 1.807) is 0 Å². The van der Waals surface area contributed by atoms with Crippen LogP contribution in [0.25, 0.3) is 0 Å². The van der Waals surface area contributed by atoms with Crippen molar-refractivity contribution < 1.29 is 28.6 Å². The monoisotopic (exact) mass is 1070 g/mol. The van der Waals surface area contributed by atoms with Crippen molar-refractivity contribution in [1.82, 2.24) is 0 Å². The molecule has 450 valence electrons. The molecule has 6 nitrogen and oxygen atoms in total. The largest absolute Gasteiger partial charge is 0.462 e. The minimum atomic E-state index is -0.764. The van der Waals surface area contributed by atoms with Gasteiger partial charge in [-0.05, 0) is 44.9 Å². The predicted molar refractivity (Wildman–Crippen MR) is 330 cm³/mol. The maximum atomic E-state index is 12.9. The van der Waals surface area contributed by atoms with Gasteiger partial charge in [-0.2, -0.15) is 0 Å². The summed E-state index contributed by atoms with van der Waals surface area (Å²) >= 11 is 0. The standard InChI is InChI=1S/C70H134O6/c1-4-7-10-13-16-19-21-23-25-27-29-31-33-35-37-39-41-43-45-47-49-51-54-57-60-63-69(72)75-66-67(65-74-68(71)62-59-56-53-18-15-12-9-6-3)76-70(73)64-61-58-55-52-50-48-46-44-42-40-38-36-34-32-30-28-26-24-22-20-17-14-11-8-5-2/h27,29,67H,4-26,28,30-66H2,1-3H3/b29-27-. The summed E-state index contributed by atoms with van der Waals surface area (Å²) in [6, 6.07) is 0. The Morgan fingerprint density at radius 2 is 0.434 bits per heavy atom. The van der Waals surface area contributed by atoms with Crippen LogP contribution in [0.4, 0.5) is 0 Å². The second-order valence-electron chi connectivity index (χ2n) is 23.8. The number of esters is 3. The molecule has 0 aromatic heterocycles. The summed E-state index contributed by atoms with van der Waals surface area (Å²) in [5.41, 5.74) is 0. The molecule has 0 aromatic carbocycles. The third-order valence-corrected chi connectivity index (χ3v) is 16.0. The minimum Gasteiger partial charge on any atom is -0.462 e. The predicted octanol–water partition coefficient (Wildman–Crippen LogP) is 23.6. The quantitative estimate of drug-likeness (QED) is 0.0261. The summed E-state index contributed by atoms with van der Waals surface area (Å²) in [7, 11) is 0. The fourth-order valence-electron chi connectivity index (χ4n) is 10.8. The van der Waals surface area contributed by atoms with Gasteiger partial charge in [0.15, 0.2) is 6.10 Å². The van der Waals surface area contributed by atoms with Crippen molar-refractivity contribution >= 4 is 17.9 Å². The van der Waals surface area contributed by atoms with Gasteiger partial charge < -0.3 is 14.2 Å². The fraction of sp³-hybridized carbons (Fsp3) is 0.929. The number of ether oxygens (including phenoxy) is 3. The van der Waals surface area contributed by atoms with Crippen molar-refractivity contribution in [2.24, 2.45) is 0 Å². The summed E-state index contributed by atoms with van der Waals surface area (Å²) in [5, 5.41) is 0. The molecule has 1 atom stereocenters. The Morgan fingerprint density at radius 3 is 0.658 bits per heavy atom. The number of hydrogen-bond donors (Lipinski definition) is 0. The zero-order valence-electron chi connectivity index (χ0n) is 51.8. The Bertz CT molecular complexity index is 1180. The van der Waals surface area contributed by atoms with E-state index >= 15 is 0 Å². The summed E-state index contributed by atoms with van der Waals surface area (Å²) in [6.45, 7) is 6.69. The van der Waals surface area contributed by atoms with Gasteiger partial charge in [0.2, 0.25) is 0 Å². The van der Waals surface area contributed by atoms with Crippen LogP contribution in [-0.2, 0) is 28.6 Å². The van der Waals surface area contributed by atoms with Crippen LogP contribution in [0, 0.1) is 0 Å². The summed E-state index contributed by atoms with van der Waals surface area (Å²) in [4.78, 5) is 38.2. The molecular formula is C70H134O6. The first-order valence-electron chi connectivity index (χ1n) is 34.7. The van der Waals surface area contributed by atoms with Gasteiger partial charge in [0.1, 0.15) is 13.2 Å². The Labute approximate surface area is 475 Å². The van der Waals surface area contributed by atoms with Crippen LogP contribution in [0.2, 0.25) is 0 Å². The third-order valence-electron chi connectivity index (χ3n) is 16.0. The molecule has 0 amide bonds. The van der Waals surface area contributed by atoms with Crippen molar-refractivity contribution in [2.45, 2.75) is 406 Å². The highest BCUT2D eigenvalue weighted by molar-refractivity contribution is 5.71. The maximum Gasteiger partial charge on any atom is 0.306 e. The van der Waals surface area contributed by atoms with Gasteiger partial charge >= 0.3 is 17.9 Å². The van der Waals surface area contributed by atoms with Crippen LogP contribution < -0.4 is 0 Å². The van der Waals surface area contributed by atoms with Crippen LogP contribution >= 0.6 is 0 Å². The molecule has 0 spiro atoms. The van der Waals surface area contributed by atoms with E-state index in [-0.39, 0.29) is 31.1 Å². The molecule has 0 radical (unpaired) electrons. The Hall–Kier alpha value is -1.85. The van der Waals surface area contributed by atoms with Crippen molar-refractivity contribution in [3.63, 3.8) is 0 Å². The Balaban J connectivity index is 4.06. The summed E-state index contributed by atoms with van der Waals surface area (Å²) in [5.74, 6) is -0.837. The lowest BCUT2D eigenvalue weighted by molar-refractivity contribution is -0.167. The van der Waals surface area contributed by atoms with Gasteiger partial charge in [-0.15, -0.1) is 0 Å². The molecule has 0 saturated carbocycles. The number of carbonyl (C=O) groups is 3. The van der Waals surface area contributed by atoms with Gasteiger partial charge in [-0.3, -0.25) is 14.4 Å². The number of rotatable bonds is 65. The zero-order chi connectivity index (χ0) is 55.0. The molecule has 0 fully saturated rings. The highest BCUT2D eigenvalue weighted by atomic mass is 16.6. The van der Waals surface area contributed by atoms with Gasteiger partial charge in [0.05, 0.1) is 0 Å². The first kappa shape index (κ1) is 74.2. The highest BCUT2D eigenvalue weighted by Crippen LogP contribution is 2.19. The molecule has 0 heterocycles. The van der Waals surface area contributed by atoms with E-state index in [9.17, 15) is 14.4 Å². The molecule has 0 aliphatic rings. The molecule has 0 aliphatic heterocycles. The molecule has 0 N–H and O–H groups in total. The van der Waals surface area contributed by atoms with E-state index < -0.39 is 6.10 Å². The number of hydrogen-bond acceptors (Lipinski definition) is 6. The summed E-state index contributed by atoms with van der Waals surface area (Å²) < 4.78 is 16.9. The van der Waals surface area contributed by atoms with Crippen molar-refractivity contribution in [2.75, 3.05) is 13.2 Å². The molecular weight excluding hydrogens is 937 g/mol. The molecule has 76 heavy (non-hydrogen) atoms. The number of allylic oxidation sites excluding steroid dienone is 2. The van der Waals surface area contributed by atoms with E-state index in [4.69, 9.17) is 14.2 Å². The van der Waals surface area contributed by atoms with Gasteiger partial charge in [-0.1, -0.05) is 348 Å². The fourth-order valence-corrected chi connectivity index (χ4v) is 10.8. The number of carbonyl (C=O) groups excluding carboxylic acids is 3. The van der Waals surface area contributed by atoms with E-state index in [2.05, 4.69) is 32.9 Å². The molecule has 0 aromatic rings. The molecule has 0 aliphatic carbocycles.